The standard InChI is InChI=1S/C18H24FN3OS/c1-22(2)11-12(23)10-20-15-8-5-9-16-17(15)24-18(21-16)13-6-3-4-7-14(13)19/h3-4,6-7,12,15,20,23H,5,8-11H2,1-2H3. The third-order valence-electron chi connectivity index (χ3n) is 4.23. The minimum absolute atomic E-state index is 0.198. The van der Waals surface area contributed by atoms with Crippen molar-refractivity contribution in [2.45, 2.75) is 31.4 Å². The molecule has 130 valence electrons. The highest BCUT2D eigenvalue weighted by atomic mass is 32.1. The van der Waals surface area contributed by atoms with Gasteiger partial charge in [0.15, 0.2) is 0 Å². The van der Waals surface area contributed by atoms with E-state index in [1.54, 1.807) is 23.5 Å². The van der Waals surface area contributed by atoms with Gasteiger partial charge in [0, 0.05) is 29.6 Å². The van der Waals surface area contributed by atoms with Gasteiger partial charge < -0.3 is 15.3 Å². The lowest BCUT2D eigenvalue weighted by atomic mass is 9.98. The summed E-state index contributed by atoms with van der Waals surface area (Å²) in [6.07, 6.45) is 2.64. The van der Waals surface area contributed by atoms with Gasteiger partial charge in [-0.1, -0.05) is 12.1 Å². The Balaban J connectivity index is 1.75. The third kappa shape index (κ3) is 4.00. The molecule has 2 aromatic rings. The fourth-order valence-corrected chi connectivity index (χ4v) is 4.38. The van der Waals surface area contributed by atoms with E-state index < -0.39 is 6.10 Å². The summed E-state index contributed by atoms with van der Waals surface area (Å²) in [5, 5.41) is 14.3. The Morgan fingerprint density at radius 3 is 2.96 bits per heavy atom. The Kier molecular flexibility index (Phi) is 5.61. The van der Waals surface area contributed by atoms with Gasteiger partial charge in [-0.3, -0.25) is 0 Å². The summed E-state index contributed by atoms with van der Waals surface area (Å²) in [7, 11) is 3.90. The SMILES string of the molecule is CN(C)CC(O)CNC1CCCc2nc(-c3ccccc3F)sc21. The number of nitrogens with zero attached hydrogens (tertiary/aromatic N) is 2. The van der Waals surface area contributed by atoms with Crippen LogP contribution in [0.15, 0.2) is 24.3 Å². The van der Waals surface area contributed by atoms with Gasteiger partial charge in [0.2, 0.25) is 0 Å². The van der Waals surface area contributed by atoms with E-state index in [9.17, 15) is 9.50 Å². The average molecular weight is 349 g/mol. The number of hydrogen-bond acceptors (Lipinski definition) is 5. The molecule has 0 saturated carbocycles. The van der Waals surface area contributed by atoms with Crippen molar-refractivity contribution in [3.05, 3.63) is 40.7 Å². The van der Waals surface area contributed by atoms with Gasteiger partial charge in [-0.15, -0.1) is 11.3 Å². The summed E-state index contributed by atoms with van der Waals surface area (Å²) in [4.78, 5) is 7.84. The smallest absolute Gasteiger partial charge is 0.133 e. The molecule has 1 aromatic heterocycles. The number of nitrogens with one attached hydrogen (secondary N) is 1. The van der Waals surface area contributed by atoms with Crippen LogP contribution < -0.4 is 5.32 Å². The molecule has 2 unspecified atom stereocenters. The molecule has 1 aliphatic rings. The van der Waals surface area contributed by atoms with E-state index in [1.165, 1.54) is 10.9 Å². The second kappa shape index (κ2) is 7.70. The Morgan fingerprint density at radius 1 is 1.42 bits per heavy atom. The van der Waals surface area contributed by atoms with Crippen molar-refractivity contribution in [1.82, 2.24) is 15.2 Å². The van der Waals surface area contributed by atoms with Crippen LogP contribution in [-0.2, 0) is 6.42 Å². The van der Waals surface area contributed by atoms with Gasteiger partial charge in [-0.05, 0) is 45.5 Å². The number of aryl methyl sites for hydroxylation is 1. The topological polar surface area (TPSA) is 48.4 Å². The number of aromatic nitrogens is 1. The minimum Gasteiger partial charge on any atom is -0.390 e. The first-order valence-electron chi connectivity index (χ1n) is 8.35. The molecule has 0 fully saturated rings. The van der Waals surface area contributed by atoms with Gasteiger partial charge in [0.25, 0.3) is 0 Å². The number of hydrogen-bond donors (Lipinski definition) is 2. The maximum atomic E-state index is 14.0. The molecule has 1 heterocycles. The normalized spacial score (nSPS) is 18.6. The third-order valence-corrected chi connectivity index (χ3v) is 5.48. The predicted molar refractivity (Wildman–Crippen MR) is 95.8 cm³/mol. The van der Waals surface area contributed by atoms with Gasteiger partial charge in [0.1, 0.15) is 10.8 Å². The van der Waals surface area contributed by atoms with E-state index in [0.717, 1.165) is 30.0 Å². The first-order chi connectivity index (χ1) is 11.5. The lowest BCUT2D eigenvalue weighted by Crippen LogP contribution is -2.37. The summed E-state index contributed by atoms with van der Waals surface area (Å²) in [6, 6.07) is 6.99. The highest BCUT2D eigenvalue weighted by Crippen LogP contribution is 2.38. The largest absolute Gasteiger partial charge is 0.390 e. The van der Waals surface area contributed by atoms with Crippen molar-refractivity contribution in [3.8, 4) is 10.6 Å². The number of fused-ring (bicyclic) bond motifs is 1. The highest BCUT2D eigenvalue weighted by Gasteiger charge is 2.25. The lowest BCUT2D eigenvalue weighted by molar-refractivity contribution is 0.130. The summed E-state index contributed by atoms with van der Waals surface area (Å²) >= 11 is 1.57. The van der Waals surface area contributed by atoms with E-state index >= 15 is 0 Å². The predicted octanol–water partition coefficient (Wildman–Crippen LogP) is 2.84. The van der Waals surface area contributed by atoms with Crippen LogP contribution in [-0.4, -0.2) is 48.3 Å². The number of aliphatic hydroxyl groups excluding tert-OH is 1. The maximum Gasteiger partial charge on any atom is 0.133 e. The van der Waals surface area contributed by atoms with E-state index in [1.807, 2.05) is 25.1 Å². The van der Waals surface area contributed by atoms with Crippen LogP contribution in [0.4, 0.5) is 4.39 Å². The van der Waals surface area contributed by atoms with Gasteiger partial charge in [0.05, 0.1) is 11.8 Å². The monoisotopic (exact) mass is 349 g/mol. The zero-order valence-electron chi connectivity index (χ0n) is 14.1. The number of rotatable bonds is 6. The Bertz CT molecular complexity index is 689. The van der Waals surface area contributed by atoms with Gasteiger partial charge in [-0.25, -0.2) is 9.37 Å². The molecule has 0 bridgehead atoms. The Morgan fingerprint density at radius 2 is 2.21 bits per heavy atom. The van der Waals surface area contributed by atoms with Crippen molar-refractivity contribution in [1.29, 1.82) is 0 Å². The fourth-order valence-electron chi connectivity index (χ4n) is 3.13. The van der Waals surface area contributed by atoms with Crippen molar-refractivity contribution in [2.24, 2.45) is 0 Å². The minimum atomic E-state index is -0.399. The number of benzene rings is 1. The van der Waals surface area contributed by atoms with Gasteiger partial charge >= 0.3 is 0 Å². The van der Waals surface area contributed by atoms with E-state index in [-0.39, 0.29) is 11.9 Å². The highest BCUT2D eigenvalue weighted by molar-refractivity contribution is 7.15. The molecule has 1 aliphatic carbocycles. The molecule has 4 nitrogen and oxygen atoms in total. The Hall–Kier alpha value is -1.34. The molecule has 24 heavy (non-hydrogen) atoms. The van der Waals surface area contributed by atoms with Crippen molar-refractivity contribution in [3.63, 3.8) is 0 Å². The molecule has 0 amide bonds. The van der Waals surface area contributed by atoms with Crippen molar-refractivity contribution in [2.75, 3.05) is 27.2 Å². The zero-order valence-corrected chi connectivity index (χ0v) is 14.9. The summed E-state index contributed by atoms with van der Waals surface area (Å²) in [5.41, 5.74) is 1.65. The average Bonchev–Trinajstić information content (AvgIpc) is 2.97. The zero-order chi connectivity index (χ0) is 17.1. The van der Waals surface area contributed by atoms with Crippen LogP contribution in [0.25, 0.3) is 10.6 Å². The summed E-state index contributed by atoms with van der Waals surface area (Å²) in [5.74, 6) is -0.227. The second-order valence-corrected chi connectivity index (χ2v) is 7.61. The van der Waals surface area contributed by atoms with Crippen LogP contribution in [0, 0.1) is 5.82 Å². The molecule has 1 aromatic carbocycles. The molecule has 2 atom stereocenters. The van der Waals surface area contributed by atoms with Crippen molar-refractivity contribution < 1.29 is 9.50 Å². The molecule has 6 heteroatoms. The summed E-state index contributed by atoms with van der Waals surface area (Å²) < 4.78 is 14.0. The molecular formula is C18H24FN3OS. The molecule has 2 N–H and O–H groups in total. The van der Waals surface area contributed by atoms with Crippen LogP contribution in [0.3, 0.4) is 0 Å². The number of likely N-dealkylation sites (N-methyl/N-ethyl adjacent to an activating group) is 1. The maximum absolute atomic E-state index is 14.0. The fraction of sp³-hybridized carbons (Fsp3) is 0.500. The lowest BCUT2D eigenvalue weighted by Gasteiger charge is -2.24. The number of thiazole rings is 1. The van der Waals surface area contributed by atoms with E-state index in [0.29, 0.717) is 18.7 Å². The van der Waals surface area contributed by atoms with Crippen LogP contribution in [0.2, 0.25) is 0 Å². The first kappa shape index (κ1) is 17.5. The number of halogens is 1. The summed E-state index contributed by atoms with van der Waals surface area (Å²) in [6.45, 7) is 1.19. The molecule has 0 radical (unpaired) electrons. The van der Waals surface area contributed by atoms with E-state index in [2.05, 4.69) is 10.3 Å². The van der Waals surface area contributed by atoms with Crippen LogP contribution >= 0.6 is 11.3 Å². The van der Waals surface area contributed by atoms with E-state index in [4.69, 9.17) is 0 Å². The number of aliphatic hydroxyl groups is 1. The van der Waals surface area contributed by atoms with Gasteiger partial charge in [-0.2, -0.15) is 0 Å². The van der Waals surface area contributed by atoms with Crippen LogP contribution in [0.5, 0.6) is 0 Å². The second-order valence-electron chi connectivity index (χ2n) is 6.58. The molecular weight excluding hydrogens is 325 g/mol. The molecule has 3 rings (SSSR count). The molecule has 0 saturated heterocycles. The first-order valence-corrected chi connectivity index (χ1v) is 9.17. The van der Waals surface area contributed by atoms with Crippen LogP contribution in [0.1, 0.15) is 29.5 Å². The van der Waals surface area contributed by atoms with Crippen molar-refractivity contribution >= 4 is 11.3 Å². The Labute approximate surface area is 146 Å². The molecule has 0 aliphatic heterocycles. The molecule has 0 spiro atoms. The quantitative estimate of drug-likeness (QED) is 0.842.